The quantitative estimate of drug-likeness (QED) is 0.522. The molecule has 0 saturated heterocycles. The lowest BCUT2D eigenvalue weighted by Crippen LogP contribution is -2.08. The van der Waals surface area contributed by atoms with Gasteiger partial charge in [-0.15, -0.1) is 0 Å². The summed E-state index contributed by atoms with van der Waals surface area (Å²) in [4.78, 5) is 14.7. The van der Waals surface area contributed by atoms with Crippen LogP contribution in [0.4, 0.5) is 4.39 Å². The van der Waals surface area contributed by atoms with Gasteiger partial charge < -0.3 is 14.2 Å². The van der Waals surface area contributed by atoms with Crippen LogP contribution in [0, 0.1) is 0 Å². The largest absolute Gasteiger partial charge is 0.490 e. The van der Waals surface area contributed by atoms with Gasteiger partial charge in [0.1, 0.15) is 25.6 Å². The van der Waals surface area contributed by atoms with E-state index in [4.69, 9.17) is 14.2 Å². The van der Waals surface area contributed by atoms with Crippen molar-refractivity contribution >= 4 is 5.97 Å². The van der Waals surface area contributed by atoms with Crippen molar-refractivity contribution in [1.82, 2.24) is 4.98 Å². The Hall–Kier alpha value is -1.69. The number of rotatable bonds is 8. The van der Waals surface area contributed by atoms with Gasteiger partial charge in [0, 0.05) is 6.92 Å². The zero-order chi connectivity index (χ0) is 13.2. The Kier molecular flexibility index (Phi) is 6.71. The van der Waals surface area contributed by atoms with Crippen molar-refractivity contribution in [2.75, 3.05) is 26.5 Å². The number of esters is 1. The Morgan fingerprint density at radius 3 is 2.78 bits per heavy atom. The monoisotopic (exact) mass is 257 g/mol. The van der Waals surface area contributed by atoms with E-state index >= 15 is 0 Å². The minimum absolute atomic E-state index is 0.0862. The molecule has 1 aromatic rings. The fourth-order valence-corrected chi connectivity index (χ4v) is 1.13. The third-order valence-electron chi connectivity index (χ3n) is 1.94. The van der Waals surface area contributed by atoms with E-state index in [0.29, 0.717) is 24.7 Å². The molecule has 0 N–H and O–H groups in total. The van der Waals surface area contributed by atoms with Crippen LogP contribution in [0.2, 0.25) is 0 Å². The number of pyridine rings is 1. The molecule has 0 spiro atoms. The van der Waals surface area contributed by atoms with Crippen LogP contribution in [-0.4, -0.2) is 37.4 Å². The highest BCUT2D eigenvalue weighted by Gasteiger charge is 1.99. The molecule has 0 unspecified atom stereocenters. The van der Waals surface area contributed by atoms with Gasteiger partial charge in [0.25, 0.3) is 0 Å². The highest BCUT2D eigenvalue weighted by atomic mass is 19.1. The van der Waals surface area contributed by atoms with Gasteiger partial charge >= 0.3 is 5.97 Å². The number of hydrogen-bond donors (Lipinski definition) is 0. The summed E-state index contributed by atoms with van der Waals surface area (Å²) in [6.07, 6.45) is 1.54. The molecular weight excluding hydrogens is 241 g/mol. The molecule has 1 rings (SSSR count). The smallest absolute Gasteiger partial charge is 0.303 e. The summed E-state index contributed by atoms with van der Waals surface area (Å²) < 4.78 is 26.7. The Balaban J connectivity index is 2.25. The standard InChI is InChI=1S/C12H16FNO4/c1-10(15)18-9-11-2-3-12(8-14-11)17-7-6-16-5-4-13/h2-3,8H,4-7,9H2,1H3. The second kappa shape index (κ2) is 8.41. The molecular formula is C12H16FNO4. The summed E-state index contributed by atoms with van der Waals surface area (Å²) in [5, 5.41) is 0. The summed E-state index contributed by atoms with van der Waals surface area (Å²) in [6, 6.07) is 3.43. The van der Waals surface area contributed by atoms with E-state index in [1.54, 1.807) is 12.1 Å². The molecule has 0 atom stereocenters. The van der Waals surface area contributed by atoms with Crippen LogP contribution in [0.3, 0.4) is 0 Å². The molecule has 0 bridgehead atoms. The molecule has 0 amide bonds. The molecule has 0 aliphatic carbocycles. The van der Waals surface area contributed by atoms with Crippen LogP contribution >= 0.6 is 0 Å². The number of ether oxygens (including phenoxy) is 3. The molecule has 1 heterocycles. The summed E-state index contributed by atoms with van der Waals surface area (Å²) >= 11 is 0. The predicted octanol–water partition coefficient (Wildman–Crippen LogP) is 1.51. The normalized spacial score (nSPS) is 10.1. The zero-order valence-electron chi connectivity index (χ0n) is 10.2. The van der Waals surface area contributed by atoms with Crippen molar-refractivity contribution in [1.29, 1.82) is 0 Å². The number of alkyl halides is 1. The lowest BCUT2D eigenvalue weighted by Gasteiger charge is -2.06. The molecule has 0 fully saturated rings. The van der Waals surface area contributed by atoms with Gasteiger partial charge in [-0.1, -0.05) is 0 Å². The van der Waals surface area contributed by atoms with Crippen LogP contribution in [0.5, 0.6) is 5.75 Å². The van der Waals surface area contributed by atoms with E-state index in [1.165, 1.54) is 13.1 Å². The van der Waals surface area contributed by atoms with E-state index in [0.717, 1.165) is 0 Å². The lowest BCUT2D eigenvalue weighted by atomic mass is 10.3. The molecule has 1 aromatic heterocycles. The number of halogens is 1. The van der Waals surface area contributed by atoms with Gasteiger partial charge in [-0.05, 0) is 12.1 Å². The molecule has 0 aliphatic heterocycles. The molecule has 5 nitrogen and oxygen atoms in total. The van der Waals surface area contributed by atoms with Crippen LogP contribution in [0.15, 0.2) is 18.3 Å². The number of carbonyl (C=O) groups excluding carboxylic acids is 1. The van der Waals surface area contributed by atoms with E-state index in [-0.39, 0.29) is 19.2 Å². The third-order valence-corrected chi connectivity index (χ3v) is 1.94. The van der Waals surface area contributed by atoms with Crippen molar-refractivity contribution < 1.29 is 23.4 Å². The van der Waals surface area contributed by atoms with Gasteiger partial charge in [-0.3, -0.25) is 9.78 Å². The molecule has 0 aliphatic rings. The predicted molar refractivity (Wildman–Crippen MR) is 62.0 cm³/mol. The Morgan fingerprint density at radius 1 is 1.33 bits per heavy atom. The van der Waals surface area contributed by atoms with Crippen molar-refractivity contribution in [2.45, 2.75) is 13.5 Å². The minimum atomic E-state index is -0.494. The van der Waals surface area contributed by atoms with Crippen LogP contribution in [0.1, 0.15) is 12.6 Å². The highest BCUT2D eigenvalue weighted by molar-refractivity contribution is 5.65. The first kappa shape index (κ1) is 14.4. The number of nitrogens with zero attached hydrogens (tertiary/aromatic N) is 1. The number of hydrogen-bond acceptors (Lipinski definition) is 5. The lowest BCUT2D eigenvalue weighted by molar-refractivity contribution is -0.142. The topological polar surface area (TPSA) is 57.7 Å². The molecule has 6 heteroatoms. The van der Waals surface area contributed by atoms with E-state index in [9.17, 15) is 9.18 Å². The van der Waals surface area contributed by atoms with Crippen LogP contribution in [0.25, 0.3) is 0 Å². The molecule has 18 heavy (non-hydrogen) atoms. The SMILES string of the molecule is CC(=O)OCc1ccc(OCCOCCF)cn1. The number of aromatic nitrogens is 1. The average Bonchev–Trinajstić information content (AvgIpc) is 2.37. The fraction of sp³-hybridized carbons (Fsp3) is 0.500. The van der Waals surface area contributed by atoms with Gasteiger partial charge in [0.2, 0.25) is 0 Å². The first-order valence-electron chi connectivity index (χ1n) is 5.57. The summed E-state index contributed by atoms with van der Waals surface area (Å²) in [5.74, 6) is 0.243. The first-order chi connectivity index (χ1) is 8.72. The molecule has 0 radical (unpaired) electrons. The zero-order valence-corrected chi connectivity index (χ0v) is 10.2. The van der Waals surface area contributed by atoms with E-state index in [1.807, 2.05) is 0 Å². The maximum absolute atomic E-state index is 11.7. The highest BCUT2D eigenvalue weighted by Crippen LogP contribution is 2.09. The summed E-state index contributed by atoms with van der Waals surface area (Å²) in [7, 11) is 0. The van der Waals surface area contributed by atoms with E-state index in [2.05, 4.69) is 4.98 Å². The van der Waals surface area contributed by atoms with Crippen molar-refractivity contribution in [3.63, 3.8) is 0 Å². The number of carbonyl (C=O) groups is 1. The summed E-state index contributed by atoms with van der Waals surface area (Å²) in [6.45, 7) is 1.75. The fourth-order valence-electron chi connectivity index (χ4n) is 1.13. The van der Waals surface area contributed by atoms with E-state index < -0.39 is 6.67 Å². The minimum Gasteiger partial charge on any atom is -0.490 e. The third kappa shape index (κ3) is 6.15. The molecule has 0 saturated carbocycles. The Bertz CT molecular complexity index is 356. The maximum Gasteiger partial charge on any atom is 0.303 e. The van der Waals surface area contributed by atoms with Crippen molar-refractivity contribution in [3.05, 3.63) is 24.0 Å². The maximum atomic E-state index is 11.7. The van der Waals surface area contributed by atoms with Crippen LogP contribution < -0.4 is 4.74 Å². The Morgan fingerprint density at radius 2 is 2.17 bits per heavy atom. The first-order valence-corrected chi connectivity index (χ1v) is 5.57. The van der Waals surface area contributed by atoms with Crippen LogP contribution in [-0.2, 0) is 20.9 Å². The van der Waals surface area contributed by atoms with Gasteiger partial charge in [-0.25, -0.2) is 4.39 Å². The average molecular weight is 257 g/mol. The molecule has 100 valence electrons. The molecule has 0 aromatic carbocycles. The van der Waals surface area contributed by atoms with Crippen molar-refractivity contribution in [2.24, 2.45) is 0 Å². The second-order valence-corrected chi connectivity index (χ2v) is 3.42. The van der Waals surface area contributed by atoms with Crippen molar-refractivity contribution in [3.8, 4) is 5.75 Å². The summed E-state index contributed by atoms with van der Waals surface area (Å²) in [5.41, 5.74) is 0.645. The van der Waals surface area contributed by atoms with Gasteiger partial charge in [0.15, 0.2) is 0 Å². The Labute approximate surface area is 105 Å². The second-order valence-electron chi connectivity index (χ2n) is 3.42. The van der Waals surface area contributed by atoms with Gasteiger partial charge in [-0.2, -0.15) is 0 Å². The van der Waals surface area contributed by atoms with Gasteiger partial charge in [0.05, 0.1) is 25.1 Å².